The van der Waals surface area contributed by atoms with Crippen LogP contribution in [0.3, 0.4) is 0 Å². The van der Waals surface area contributed by atoms with Crippen molar-refractivity contribution in [2.45, 2.75) is 32.6 Å². The standard InChI is InChI=1S/C28H31FN4/c1-20-11-14-30-28(31-20)32(2)17-18-33-15-12-23(13-16-33)27-25-6-4-3-5-21(25)7-8-22-9-10-24(29)19-26(22)27/h3-6,9-11,14,19H,7-8,12-13,15-18H2,1-2H3. The number of aromatic nitrogens is 2. The second kappa shape index (κ2) is 9.44. The van der Waals surface area contributed by atoms with Crippen molar-refractivity contribution in [2.24, 2.45) is 0 Å². The van der Waals surface area contributed by atoms with Gasteiger partial charge >= 0.3 is 0 Å². The Kier molecular flexibility index (Phi) is 6.23. The van der Waals surface area contributed by atoms with Crippen molar-refractivity contribution < 1.29 is 4.39 Å². The molecule has 1 aromatic heterocycles. The average molecular weight is 443 g/mol. The maximum Gasteiger partial charge on any atom is 0.225 e. The molecule has 2 aliphatic rings. The van der Waals surface area contributed by atoms with Gasteiger partial charge < -0.3 is 9.80 Å². The quantitative estimate of drug-likeness (QED) is 0.566. The third kappa shape index (κ3) is 4.69. The van der Waals surface area contributed by atoms with Crippen molar-refractivity contribution >= 4 is 11.5 Å². The van der Waals surface area contributed by atoms with E-state index in [0.29, 0.717) is 0 Å². The van der Waals surface area contributed by atoms with E-state index in [-0.39, 0.29) is 5.82 Å². The molecule has 0 saturated carbocycles. The Morgan fingerprint density at radius 3 is 2.48 bits per heavy atom. The summed E-state index contributed by atoms with van der Waals surface area (Å²) in [5, 5.41) is 0. The van der Waals surface area contributed by atoms with Crippen molar-refractivity contribution in [1.29, 1.82) is 0 Å². The number of fused-ring (bicyclic) bond motifs is 2. The summed E-state index contributed by atoms with van der Waals surface area (Å²) in [5.41, 5.74) is 8.75. The summed E-state index contributed by atoms with van der Waals surface area (Å²) in [7, 11) is 2.06. The van der Waals surface area contributed by atoms with Crippen LogP contribution in [0.15, 0.2) is 60.3 Å². The molecule has 0 atom stereocenters. The summed E-state index contributed by atoms with van der Waals surface area (Å²) in [6.07, 6.45) is 5.82. The van der Waals surface area contributed by atoms with Gasteiger partial charge in [0.1, 0.15) is 5.82 Å². The van der Waals surface area contributed by atoms with E-state index >= 15 is 0 Å². The van der Waals surface area contributed by atoms with Gasteiger partial charge in [0, 0.05) is 45.1 Å². The van der Waals surface area contributed by atoms with Gasteiger partial charge in [-0.1, -0.05) is 35.9 Å². The average Bonchev–Trinajstić information content (AvgIpc) is 2.99. The van der Waals surface area contributed by atoms with E-state index in [1.54, 1.807) is 12.1 Å². The van der Waals surface area contributed by atoms with Crippen LogP contribution < -0.4 is 4.90 Å². The number of benzene rings is 2. The molecule has 33 heavy (non-hydrogen) atoms. The third-order valence-electron chi connectivity index (χ3n) is 6.98. The first-order valence-corrected chi connectivity index (χ1v) is 11.9. The van der Waals surface area contributed by atoms with Gasteiger partial charge in [-0.25, -0.2) is 14.4 Å². The fourth-order valence-electron chi connectivity index (χ4n) is 5.08. The maximum atomic E-state index is 14.3. The molecule has 3 aromatic rings. The molecule has 0 unspecified atom stereocenters. The molecule has 1 aliphatic heterocycles. The highest BCUT2D eigenvalue weighted by Crippen LogP contribution is 2.38. The van der Waals surface area contributed by atoms with Crippen LogP contribution in [-0.4, -0.2) is 48.1 Å². The topological polar surface area (TPSA) is 32.3 Å². The monoisotopic (exact) mass is 442 g/mol. The zero-order chi connectivity index (χ0) is 22.8. The summed E-state index contributed by atoms with van der Waals surface area (Å²) in [5.74, 6) is 0.633. The predicted octanol–water partition coefficient (Wildman–Crippen LogP) is 5.06. The molecular weight excluding hydrogens is 411 g/mol. The summed E-state index contributed by atoms with van der Waals surface area (Å²) in [4.78, 5) is 13.6. The van der Waals surface area contributed by atoms with Crippen LogP contribution in [0.2, 0.25) is 0 Å². The minimum absolute atomic E-state index is 0.148. The Hall–Kier alpha value is -3.05. The maximum absolute atomic E-state index is 14.3. The summed E-state index contributed by atoms with van der Waals surface area (Å²) >= 11 is 0. The lowest BCUT2D eigenvalue weighted by Crippen LogP contribution is -2.37. The molecule has 0 radical (unpaired) electrons. The molecule has 2 aromatic carbocycles. The van der Waals surface area contributed by atoms with Gasteiger partial charge in [0.05, 0.1) is 0 Å². The third-order valence-corrected chi connectivity index (χ3v) is 6.98. The number of likely N-dealkylation sites (tertiary alicyclic amines) is 1. The van der Waals surface area contributed by atoms with E-state index in [4.69, 9.17) is 0 Å². The summed E-state index contributed by atoms with van der Waals surface area (Å²) in [6, 6.07) is 16.0. The number of halogens is 1. The Morgan fingerprint density at radius 2 is 1.70 bits per heavy atom. The van der Waals surface area contributed by atoms with E-state index < -0.39 is 0 Å². The van der Waals surface area contributed by atoms with Crippen molar-refractivity contribution in [2.75, 3.05) is 38.1 Å². The SMILES string of the molecule is Cc1ccnc(N(C)CCN2CCC(=C3c4ccccc4CCc4ccc(F)cc43)CC2)n1. The molecule has 0 amide bonds. The lowest BCUT2D eigenvalue weighted by atomic mass is 9.86. The lowest BCUT2D eigenvalue weighted by Gasteiger charge is -2.31. The minimum atomic E-state index is -0.148. The van der Waals surface area contributed by atoms with Gasteiger partial charge in [0.15, 0.2) is 0 Å². The highest BCUT2D eigenvalue weighted by molar-refractivity contribution is 5.86. The second-order valence-corrected chi connectivity index (χ2v) is 9.20. The zero-order valence-corrected chi connectivity index (χ0v) is 19.5. The molecule has 2 heterocycles. The number of hydrogen-bond acceptors (Lipinski definition) is 4. The predicted molar refractivity (Wildman–Crippen MR) is 132 cm³/mol. The van der Waals surface area contributed by atoms with Gasteiger partial charge in [0.25, 0.3) is 0 Å². The molecule has 170 valence electrons. The molecule has 0 spiro atoms. The summed E-state index contributed by atoms with van der Waals surface area (Å²) < 4.78 is 14.3. The molecule has 5 rings (SSSR count). The Morgan fingerprint density at radius 1 is 0.939 bits per heavy atom. The Balaban J connectivity index is 1.35. The van der Waals surface area contributed by atoms with Gasteiger partial charge in [-0.3, -0.25) is 0 Å². The number of piperidine rings is 1. The lowest BCUT2D eigenvalue weighted by molar-refractivity contribution is 0.262. The molecule has 0 N–H and O–H groups in total. The van der Waals surface area contributed by atoms with E-state index in [0.717, 1.165) is 69.1 Å². The van der Waals surface area contributed by atoms with Crippen molar-refractivity contribution in [3.05, 3.63) is 94.1 Å². The van der Waals surface area contributed by atoms with E-state index in [1.165, 1.54) is 27.8 Å². The van der Waals surface area contributed by atoms with Crippen LogP contribution in [0.5, 0.6) is 0 Å². The van der Waals surface area contributed by atoms with Gasteiger partial charge in [-0.05, 0) is 78.6 Å². The van der Waals surface area contributed by atoms with E-state index in [1.807, 2.05) is 25.3 Å². The van der Waals surface area contributed by atoms with E-state index in [2.05, 4.69) is 51.1 Å². The highest BCUT2D eigenvalue weighted by atomic mass is 19.1. The number of hydrogen-bond donors (Lipinski definition) is 0. The number of nitrogens with zero attached hydrogens (tertiary/aromatic N) is 4. The molecule has 1 fully saturated rings. The first-order valence-electron chi connectivity index (χ1n) is 11.9. The molecular formula is C28H31FN4. The first kappa shape index (κ1) is 21.8. The molecule has 1 aliphatic carbocycles. The highest BCUT2D eigenvalue weighted by Gasteiger charge is 2.24. The van der Waals surface area contributed by atoms with Crippen molar-refractivity contribution in [3.8, 4) is 0 Å². The van der Waals surface area contributed by atoms with Crippen LogP contribution in [0, 0.1) is 12.7 Å². The van der Waals surface area contributed by atoms with Crippen molar-refractivity contribution in [3.63, 3.8) is 0 Å². The largest absolute Gasteiger partial charge is 0.343 e. The van der Waals surface area contributed by atoms with Gasteiger partial charge in [-0.15, -0.1) is 0 Å². The molecule has 0 bridgehead atoms. The molecule has 1 saturated heterocycles. The second-order valence-electron chi connectivity index (χ2n) is 9.20. The number of rotatable bonds is 4. The smallest absolute Gasteiger partial charge is 0.225 e. The van der Waals surface area contributed by atoms with Crippen LogP contribution in [0.1, 0.15) is 40.8 Å². The van der Waals surface area contributed by atoms with Gasteiger partial charge in [-0.2, -0.15) is 0 Å². The minimum Gasteiger partial charge on any atom is -0.343 e. The van der Waals surface area contributed by atoms with Crippen LogP contribution in [-0.2, 0) is 12.8 Å². The number of likely N-dealkylation sites (N-methyl/N-ethyl adjacent to an activating group) is 1. The molecule has 4 nitrogen and oxygen atoms in total. The van der Waals surface area contributed by atoms with Crippen molar-refractivity contribution in [1.82, 2.24) is 14.9 Å². The normalized spacial score (nSPS) is 16.2. The van der Waals surface area contributed by atoms with E-state index in [9.17, 15) is 4.39 Å². The fraction of sp³-hybridized carbons (Fsp3) is 0.357. The zero-order valence-electron chi connectivity index (χ0n) is 19.5. The number of aryl methyl sites for hydroxylation is 3. The number of anilines is 1. The Bertz CT molecular complexity index is 1180. The summed E-state index contributed by atoms with van der Waals surface area (Å²) in [6.45, 7) is 5.92. The fourth-order valence-corrected chi connectivity index (χ4v) is 5.08. The van der Waals surface area contributed by atoms with Crippen LogP contribution in [0.4, 0.5) is 10.3 Å². The van der Waals surface area contributed by atoms with Gasteiger partial charge in [0.2, 0.25) is 5.95 Å². The molecule has 5 heteroatoms. The van der Waals surface area contributed by atoms with Crippen LogP contribution >= 0.6 is 0 Å². The van der Waals surface area contributed by atoms with Crippen LogP contribution in [0.25, 0.3) is 5.57 Å². The first-order chi connectivity index (χ1) is 16.1. The Labute approximate surface area is 195 Å².